The molecule has 0 saturated heterocycles. The summed E-state index contributed by atoms with van der Waals surface area (Å²) in [5.41, 5.74) is 4.19. The molecule has 0 fully saturated rings. The first kappa shape index (κ1) is 27.1. The maximum Gasteiger partial charge on any atom is 0.336 e. The largest absolute Gasteiger partial charge is 0.497 e. The molecule has 8 nitrogen and oxygen atoms in total. The molecule has 2 unspecified atom stereocenters. The molecule has 1 aliphatic carbocycles. The number of nitrogens with one attached hydrogen (secondary N) is 1. The number of ketones is 1. The van der Waals surface area contributed by atoms with Crippen LogP contribution in [0.5, 0.6) is 23.0 Å². The van der Waals surface area contributed by atoms with Crippen molar-refractivity contribution >= 4 is 11.8 Å². The number of hydrogen-bond donors (Lipinski definition) is 1. The number of Topliss-reactive ketones (excluding diaryl/α,β-unsaturated/α-hetero) is 1. The zero-order chi connectivity index (χ0) is 27.4. The number of hydrogen-bond acceptors (Lipinski definition) is 8. The summed E-state index contributed by atoms with van der Waals surface area (Å²) in [7, 11) is 6.24. The number of benzene rings is 2. The minimum Gasteiger partial charge on any atom is -0.497 e. The highest BCUT2D eigenvalue weighted by atomic mass is 16.5. The average Bonchev–Trinajstić information content (AvgIpc) is 2.94. The summed E-state index contributed by atoms with van der Waals surface area (Å²) in [4.78, 5) is 27.2. The lowest BCUT2D eigenvalue weighted by molar-refractivity contribution is -0.139. The Hall–Kier alpha value is -3.94. The molecular weight excluding hydrogens is 486 g/mol. The van der Waals surface area contributed by atoms with Gasteiger partial charge in [-0.3, -0.25) is 4.79 Å². The number of esters is 1. The molecule has 1 aliphatic heterocycles. The molecule has 38 heavy (non-hydrogen) atoms. The first-order valence-corrected chi connectivity index (χ1v) is 12.7. The van der Waals surface area contributed by atoms with Gasteiger partial charge in [0.25, 0.3) is 0 Å². The number of carbonyl (C=O) groups is 2. The molecule has 0 spiro atoms. The van der Waals surface area contributed by atoms with Crippen LogP contribution in [0.3, 0.4) is 0 Å². The second kappa shape index (κ2) is 11.6. The van der Waals surface area contributed by atoms with Crippen molar-refractivity contribution in [3.63, 3.8) is 0 Å². The fraction of sp³-hybridized carbons (Fsp3) is 0.400. The molecule has 2 aromatic carbocycles. The molecule has 0 amide bonds. The van der Waals surface area contributed by atoms with Crippen LogP contribution in [0.15, 0.2) is 58.9 Å². The van der Waals surface area contributed by atoms with Crippen LogP contribution in [-0.2, 0) is 14.3 Å². The number of allylic oxidation sites excluding steroid dienone is 3. The quantitative estimate of drug-likeness (QED) is 0.459. The summed E-state index contributed by atoms with van der Waals surface area (Å²) in [5, 5.41) is 3.38. The summed E-state index contributed by atoms with van der Waals surface area (Å²) in [6.45, 7) is 4.07. The van der Waals surface area contributed by atoms with Crippen LogP contribution in [0.2, 0.25) is 0 Å². The number of methoxy groups -OCH3 is 4. The number of rotatable bonds is 9. The van der Waals surface area contributed by atoms with Gasteiger partial charge in [0.2, 0.25) is 5.75 Å². The van der Waals surface area contributed by atoms with Crippen LogP contribution in [0.4, 0.5) is 0 Å². The van der Waals surface area contributed by atoms with E-state index in [1.807, 2.05) is 38.1 Å². The molecule has 0 radical (unpaired) electrons. The fourth-order valence-corrected chi connectivity index (χ4v) is 5.30. The fourth-order valence-electron chi connectivity index (χ4n) is 5.30. The number of dihydropyridines is 1. The molecule has 1 N–H and O–H groups in total. The van der Waals surface area contributed by atoms with Crippen LogP contribution in [0.1, 0.15) is 56.1 Å². The van der Waals surface area contributed by atoms with Crippen molar-refractivity contribution in [2.24, 2.45) is 0 Å². The predicted molar refractivity (Wildman–Crippen MR) is 143 cm³/mol. The smallest absolute Gasteiger partial charge is 0.336 e. The number of ether oxygens (including phenoxy) is 5. The lowest BCUT2D eigenvalue weighted by atomic mass is 9.71. The minimum atomic E-state index is -0.645. The molecule has 2 aliphatic rings. The summed E-state index contributed by atoms with van der Waals surface area (Å²) in [5.74, 6) is 0.978. The first-order chi connectivity index (χ1) is 18.4. The molecule has 2 atom stereocenters. The van der Waals surface area contributed by atoms with E-state index in [-0.39, 0.29) is 18.3 Å². The Balaban J connectivity index is 1.84. The van der Waals surface area contributed by atoms with Crippen LogP contribution >= 0.6 is 0 Å². The van der Waals surface area contributed by atoms with Crippen molar-refractivity contribution in [2.45, 2.75) is 44.9 Å². The number of carbonyl (C=O) groups excluding carboxylic acids is 2. The van der Waals surface area contributed by atoms with Gasteiger partial charge in [0.1, 0.15) is 5.75 Å². The molecule has 0 bridgehead atoms. The lowest BCUT2D eigenvalue weighted by Crippen LogP contribution is -2.36. The van der Waals surface area contributed by atoms with Crippen LogP contribution in [-0.4, -0.2) is 46.8 Å². The first-order valence-electron chi connectivity index (χ1n) is 12.7. The van der Waals surface area contributed by atoms with Gasteiger partial charge in [-0.2, -0.15) is 0 Å². The van der Waals surface area contributed by atoms with Crippen LogP contribution < -0.4 is 24.3 Å². The van der Waals surface area contributed by atoms with Gasteiger partial charge in [0.05, 0.1) is 40.6 Å². The Morgan fingerprint density at radius 3 is 2.13 bits per heavy atom. The van der Waals surface area contributed by atoms with E-state index >= 15 is 0 Å². The van der Waals surface area contributed by atoms with E-state index < -0.39 is 11.9 Å². The summed E-state index contributed by atoms with van der Waals surface area (Å²) >= 11 is 0. The van der Waals surface area contributed by atoms with Gasteiger partial charge in [-0.05, 0) is 61.1 Å². The molecule has 0 aromatic heterocycles. The van der Waals surface area contributed by atoms with Crippen molar-refractivity contribution in [1.82, 2.24) is 5.32 Å². The van der Waals surface area contributed by atoms with Gasteiger partial charge < -0.3 is 29.0 Å². The van der Waals surface area contributed by atoms with Crippen molar-refractivity contribution in [2.75, 3.05) is 35.0 Å². The zero-order valence-corrected chi connectivity index (χ0v) is 22.8. The molecule has 1 heterocycles. The molecule has 8 heteroatoms. The maximum atomic E-state index is 13.9. The van der Waals surface area contributed by atoms with Crippen molar-refractivity contribution in [3.05, 3.63) is 70.1 Å². The third-order valence-corrected chi connectivity index (χ3v) is 7.09. The highest BCUT2D eigenvalue weighted by molar-refractivity contribution is 6.04. The summed E-state index contributed by atoms with van der Waals surface area (Å²) in [6.07, 6.45) is 1.64. The van der Waals surface area contributed by atoms with Crippen LogP contribution in [0, 0.1) is 0 Å². The summed E-state index contributed by atoms with van der Waals surface area (Å²) in [6, 6.07) is 11.4. The van der Waals surface area contributed by atoms with E-state index in [0.717, 1.165) is 17.0 Å². The van der Waals surface area contributed by atoms with Gasteiger partial charge in [-0.15, -0.1) is 0 Å². The Kier molecular flexibility index (Phi) is 8.29. The molecule has 2 aromatic rings. The highest BCUT2D eigenvalue weighted by Crippen LogP contribution is 2.49. The second-order valence-corrected chi connectivity index (χ2v) is 9.39. The normalized spacial score (nSPS) is 18.9. The molecule has 202 valence electrons. The van der Waals surface area contributed by atoms with E-state index in [2.05, 4.69) is 5.32 Å². The van der Waals surface area contributed by atoms with Crippen molar-refractivity contribution in [1.29, 1.82) is 0 Å². The van der Waals surface area contributed by atoms with E-state index in [0.29, 0.717) is 58.9 Å². The van der Waals surface area contributed by atoms with Crippen LogP contribution in [0.25, 0.3) is 0 Å². The highest BCUT2D eigenvalue weighted by Gasteiger charge is 2.42. The predicted octanol–water partition coefficient (Wildman–Crippen LogP) is 5.04. The maximum absolute atomic E-state index is 13.9. The van der Waals surface area contributed by atoms with Crippen molar-refractivity contribution in [3.8, 4) is 23.0 Å². The zero-order valence-electron chi connectivity index (χ0n) is 22.8. The Bertz CT molecular complexity index is 1250. The third-order valence-electron chi connectivity index (χ3n) is 7.09. The second-order valence-electron chi connectivity index (χ2n) is 9.39. The van der Waals surface area contributed by atoms with E-state index in [1.54, 1.807) is 19.2 Å². The minimum absolute atomic E-state index is 0.00152. The van der Waals surface area contributed by atoms with Gasteiger partial charge >= 0.3 is 5.97 Å². The third kappa shape index (κ3) is 5.08. The summed E-state index contributed by atoms with van der Waals surface area (Å²) < 4.78 is 27.5. The van der Waals surface area contributed by atoms with Gasteiger partial charge in [-0.1, -0.05) is 19.1 Å². The Morgan fingerprint density at radius 1 is 0.921 bits per heavy atom. The van der Waals surface area contributed by atoms with Gasteiger partial charge in [0, 0.05) is 29.3 Å². The van der Waals surface area contributed by atoms with E-state index in [9.17, 15) is 9.59 Å². The standard InChI is InChI=1S/C30H35NO7/c1-7-12-38-30(33)26-17(2)31-22-13-19(18-8-10-21(34-3)11-9-18)14-23(32)28(22)27(26)20-15-24(35-4)29(37-6)25(16-20)36-5/h8-11,15-16,19,27,31H,7,12-14H2,1-6H3. The van der Waals surface area contributed by atoms with Gasteiger partial charge in [0.15, 0.2) is 17.3 Å². The molecular formula is C30H35NO7. The molecule has 0 saturated carbocycles. The lowest BCUT2D eigenvalue weighted by Gasteiger charge is -2.37. The monoisotopic (exact) mass is 521 g/mol. The average molecular weight is 522 g/mol. The SMILES string of the molecule is CCCOC(=O)C1=C(C)NC2=C(C(=O)CC(c3ccc(OC)cc3)C2)C1c1cc(OC)c(OC)c(OC)c1. The Morgan fingerprint density at radius 2 is 1.58 bits per heavy atom. The topological polar surface area (TPSA) is 92.3 Å². The van der Waals surface area contributed by atoms with Crippen molar-refractivity contribution < 1.29 is 33.3 Å². The molecule has 4 rings (SSSR count). The van der Waals surface area contributed by atoms with Gasteiger partial charge in [-0.25, -0.2) is 4.79 Å². The van der Waals surface area contributed by atoms with E-state index in [1.165, 1.54) is 21.3 Å². The Labute approximate surface area is 223 Å². The van der Waals surface area contributed by atoms with E-state index in [4.69, 9.17) is 23.7 Å².